The number of aromatic nitrogens is 1. The van der Waals surface area contributed by atoms with Crippen molar-refractivity contribution in [2.75, 3.05) is 11.9 Å². The molecule has 4 aromatic rings. The number of anilines is 1. The summed E-state index contributed by atoms with van der Waals surface area (Å²) in [6, 6.07) is 15.0. The van der Waals surface area contributed by atoms with Gasteiger partial charge in [0.2, 0.25) is 0 Å². The fourth-order valence-electron chi connectivity index (χ4n) is 5.19. The van der Waals surface area contributed by atoms with E-state index in [1.165, 1.54) is 0 Å². The van der Waals surface area contributed by atoms with Gasteiger partial charge in [-0.3, -0.25) is 9.59 Å². The summed E-state index contributed by atoms with van der Waals surface area (Å²) in [4.78, 5) is 47.8. The number of hydrogen-bond acceptors (Lipinski definition) is 7. The number of para-hydroxylation sites is 1. The Morgan fingerprint density at radius 1 is 1.07 bits per heavy atom. The molecule has 0 saturated carbocycles. The third-order valence-electron chi connectivity index (χ3n) is 7.27. The van der Waals surface area contributed by atoms with E-state index in [1.54, 1.807) is 27.6 Å². The lowest BCUT2D eigenvalue weighted by molar-refractivity contribution is -0.118. The number of nitrogens with zero attached hydrogens (tertiary/aromatic N) is 2. The fourth-order valence-corrected chi connectivity index (χ4v) is 7.70. The standard InChI is InChI=1S/C34H39N3O4S2/c1-21(2)10-9-13-24(38)19-28-30(25-16-17-37(20-29(25)42-28)33(40)41-34(3,4)5)32-36-26-18-22(14-15-27(26)43-32)31(39)35-23-11-7-6-8-12-23/h6-8,11-12,14-15,18,21H,9-10,13,16-17,19-20H2,1-5H3,(H,35,39). The van der Waals surface area contributed by atoms with Crippen molar-refractivity contribution in [1.29, 1.82) is 0 Å². The zero-order chi connectivity index (χ0) is 30.7. The van der Waals surface area contributed by atoms with E-state index in [1.807, 2.05) is 69.3 Å². The SMILES string of the molecule is CC(C)CCCC(=O)Cc1sc2c(c1-c1nc3cc(C(=O)Nc4ccccc4)ccc3s1)CCN(C(=O)OC(C)(C)C)C2. The van der Waals surface area contributed by atoms with Gasteiger partial charge < -0.3 is 15.0 Å². The van der Waals surface area contributed by atoms with Gasteiger partial charge in [0, 0.05) is 46.0 Å². The Bertz CT molecular complexity index is 1630. The summed E-state index contributed by atoms with van der Waals surface area (Å²) in [6.45, 7) is 11.0. The van der Waals surface area contributed by atoms with E-state index in [0.717, 1.165) is 54.6 Å². The Morgan fingerprint density at radius 3 is 2.56 bits per heavy atom. The molecular formula is C34H39N3O4S2. The summed E-state index contributed by atoms with van der Waals surface area (Å²) >= 11 is 3.19. The highest BCUT2D eigenvalue weighted by Gasteiger charge is 2.31. The molecule has 3 heterocycles. The molecule has 226 valence electrons. The fraction of sp³-hybridized carbons (Fsp3) is 0.412. The van der Waals surface area contributed by atoms with Crippen molar-refractivity contribution in [1.82, 2.24) is 9.88 Å². The predicted octanol–water partition coefficient (Wildman–Crippen LogP) is 8.51. The molecule has 1 aliphatic heterocycles. The lowest BCUT2D eigenvalue weighted by Gasteiger charge is -2.30. The number of fused-ring (bicyclic) bond motifs is 2. The highest BCUT2D eigenvalue weighted by Crippen LogP contribution is 2.43. The van der Waals surface area contributed by atoms with Gasteiger partial charge in [0.1, 0.15) is 16.4 Å². The largest absolute Gasteiger partial charge is 0.444 e. The molecule has 0 unspecified atom stereocenters. The van der Waals surface area contributed by atoms with Gasteiger partial charge in [0.15, 0.2) is 0 Å². The van der Waals surface area contributed by atoms with Gasteiger partial charge in [-0.25, -0.2) is 9.78 Å². The van der Waals surface area contributed by atoms with Gasteiger partial charge in [-0.1, -0.05) is 38.5 Å². The monoisotopic (exact) mass is 617 g/mol. The smallest absolute Gasteiger partial charge is 0.410 e. The molecule has 0 spiro atoms. The van der Waals surface area contributed by atoms with Crippen LogP contribution in [0.2, 0.25) is 0 Å². The number of nitrogens with one attached hydrogen (secondary N) is 1. The van der Waals surface area contributed by atoms with E-state index < -0.39 is 5.60 Å². The van der Waals surface area contributed by atoms with Crippen LogP contribution in [0.1, 0.15) is 79.6 Å². The maximum absolute atomic E-state index is 13.1. The Labute approximate surface area is 261 Å². The van der Waals surface area contributed by atoms with Gasteiger partial charge in [0.05, 0.1) is 16.8 Å². The average Bonchev–Trinajstić information content (AvgIpc) is 3.51. The molecule has 0 aliphatic carbocycles. The van der Waals surface area contributed by atoms with Crippen LogP contribution >= 0.6 is 22.7 Å². The minimum Gasteiger partial charge on any atom is -0.444 e. The van der Waals surface area contributed by atoms with Crippen molar-refractivity contribution in [2.24, 2.45) is 5.92 Å². The third kappa shape index (κ3) is 7.70. The van der Waals surface area contributed by atoms with Crippen LogP contribution in [0.15, 0.2) is 48.5 Å². The summed E-state index contributed by atoms with van der Waals surface area (Å²) in [5.74, 6) is 0.606. The highest BCUT2D eigenvalue weighted by atomic mass is 32.1. The maximum Gasteiger partial charge on any atom is 0.410 e. The van der Waals surface area contributed by atoms with Crippen LogP contribution in [-0.2, 0) is 28.9 Å². The topological polar surface area (TPSA) is 88.6 Å². The molecule has 5 rings (SSSR count). The Morgan fingerprint density at radius 2 is 1.84 bits per heavy atom. The molecular weight excluding hydrogens is 579 g/mol. The van der Waals surface area contributed by atoms with E-state index in [-0.39, 0.29) is 17.8 Å². The first kappa shape index (κ1) is 30.9. The Hall–Kier alpha value is -3.56. The van der Waals surface area contributed by atoms with Crippen LogP contribution in [0.25, 0.3) is 20.8 Å². The van der Waals surface area contributed by atoms with E-state index in [0.29, 0.717) is 43.8 Å². The second-order valence-electron chi connectivity index (χ2n) is 12.5. The molecule has 2 aromatic carbocycles. The summed E-state index contributed by atoms with van der Waals surface area (Å²) in [6.07, 6.45) is 3.19. The number of carbonyl (C=O) groups is 3. The lowest BCUT2D eigenvalue weighted by Crippen LogP contribution is -2.39. The quantitative estimate of drug-likeness (QED) is 0.203. The summed E-state index contributed by atoms with van der Waals surface area (Å²) in [5.41, 5.74) is 3.65. The van der Waals surface area contributed by atoms with Gasteiger partial charge in [-0.05, 0) is 75.4 Å². The van der Waals surface area contributed by atoms with Gasteiger partial charge in [-0.2, -0.15) is 0 Å². The molecule has 0 bridgehead atoms. The van der Waals surface area contributed by atoms with E-state index >= 15 is 0 Å². The molecule has 9 heteroatoms. The molecule has 1 aliphatic rings. The number of ether oxygens (including phenoxy) is 1. The normalized spacial score (nSPS) is 13.3. The zero-order valence-corrected chi connectivity index (χ0v) is 27.1. The molecule has 7 nitrogen and oxygen atoms in total. The molecule has 1 N–H and O–H groups in total. The van der Waals surface area contributed by atoms with Crippen LogP contribution < -0.4 is 5.32 Å². The van der Waals surface area contributed by atoms with Crippen molar-refractivity contribution < 1.29 is 19.1 Å². The van der Waals surface area contributed by atoms with Crippen LogP contribution in [0.3, 0.4) is 0 Å². The second-order valence-corrected chi connectivity index (χ2v) is 14.7. The third-order valence-corrected chi connectivity index (χ3v) is 9.54. The minimum atomic E-state index is -0.566. The summed E-state index contributed by atoms with van der Waals surface area (Å²) in [5, 5.41) is 3.79. The Kier molecular flexibility index (Phi) is 9.32. The first-order valence-corrected chi connectivity index (χ1v) is 16.5. The number of thiazole rings is 1. The van der Waals surface area contributed by atoms with E-state index in [9.17, 15) is 14.4 Å². The lowest BCUT2D eigenvalue weighted by atomic mass is 9.99. The van der Waals surface area contributed by atoms with Crippen LogP contribution in [0, 0.1) is 5.92 Å². The first-order chi connectivity index (χ1) is 20.5. The van der Waals surface area contributed by atoms with E-state index in [2.05, 4.69) is 19.2 Å². The number of amides is 2. The van der Waals surface area contributed by atoms with Crippen LogP contribution in [0.4, 0.5) is 10.5 Å². The van der Waals surface area contributed by atoms with Gasteiger partial charge in [0.25, 0.3) is 5.91 Å². The van der Waals surface area contributed by atoms with Crippen LogP contribution in [0.5, 0.6) is 0 Å². The zero-order valence-electron chi connectivity index (χ0n) is 25.5. The molecule has 0 radical (unpaired) electrons. The van der Waals surface area contributed by atoms with Gasteiger partial charge >= 0.3 is 6.09 Å². The van der Waals surface area contributed by atoms with E-state index in [4.69, 9.17) is 9.72 Å². The number of hydrogen-bond donors (Lipinski definition) is 1. The van der Waals surface area contributed by atoms with Crippen molar-refractivity contribution in [3.8, 4) is 10.6 Å². The summed E-state index contributed by atoms with van der Waals surface area (Å²) in [7, 11) is 0. The second kappa shape index (κ2) is 13.0. The average molecular weight is 618 g/mol. The van der Waals surface area contributed by atoms with Crippen molar-refractivity contribution in [3.05, 3.63) is 69.4 Å². The highest BCUT2D eigenvalue weighted by molar-refractivity contribution is 7.22. The maximum atomic E-state index is 13.1. The number of rotatable bonds is 9. The van der Waals surface area contributed by atoms with Crippen LogP contribution in [-0.4, -0.2) is 39.8 Å². The predicted molar refractivity (Wildman–Crippen MR) is 175 cm³/mol. The first-order valence-electron chi connectivity index (χ1n) is 14.9. The number of thiophene rings is 1. The Balaban J connectivity index is 1.45. The number of Topliss-reactive ketones (excluding diaryl/α,β-unsaturated/α-hetero) is 1. The minimum absolute atomic E-state index is 0.189. The van der Waals surface area contributed by atoms with Crippen molar-refractivity contribution >= 4 is 56.4 Å². The summed E-state index contributed by atoms with van der Waals surface area (Å²) < 4.78 is 6.62. The molecule has 43 heavy (non-hydrogen) atoms. The van der Waals surface area contributed by atoms with Crippen molar-refractivity contribution in [2.45, 2.75) is 78.9 Å². The molecule has 0 saturated heterocycles. The molecule has 2 amide bonds. The number of ketones is 1. The molecule has 0 atom stereocenters. The molecule has 2 aromatic heterocycles. The van der Waals surface area contributed by atoms with Gasteiger partial charge in [-0.15, -0.1) is 22.7 Å². The van der Waals surface area contributed by atoms with Crippen molar-refractivity contribution in [3.63, 3.8) is 0 Å². The number of carbonyl (C=O) groups excluding carboxylic acids is 3. The number of benzene rings is 2. The molecule has 0 fully saturated rings.